The van der Waals surface area contributed by atoms with Crippen molar-refractivity contribution < 1.29 is 14.6 Å². The summed E-state index contributed by atoms with van der Waals surface area (Å²) in [4.78, 5) is 18.0. The Hall–Kier alpha value is -4.23. The van der Waals surface area contributed by atoms with Gasteiger partial charge in [0.2, 0.25) is 0 Å². The Bertz CT molecular complexity index is 1850. The second kappa shape index (κ2) is 11.5. The van der Waals surface area contributed by atoms with Crippen LogP contribution in [0.15, 0.2) is 48.5 Å². The van der Waals surface area contributed by atoms with Crippen molar-refractivity contribution in [2.75, 3.05) is 18.1 Å². The van der Waals surface area contributed by atoms with Crippen LogP contribution in [-0.2, 0) is 26.4 Å². The number of carboxylic acid groups (broad SMARTS) is 1. The Morgan fingerprint density at radius 1 is 1.09 bits per heavy atom. The number of aromatic nitrogens is 3. The molecule has 222 valence electrons. The first kappa shape index (κ1) is 28.9. The number of carbonyl (C=O) groups is 1. The van der Waals surface area contributed by atoms with Crippen molar-refractivity contribution in [3.05, 3.63) is 98.5 Å². The van der Waals surface area contributed by atoms with E-state index in [1.807, 2.05) is 49.8 Å². The smallest absolute Gasteiger partial charge is 0.336 e. The molecule has 0 atom stereocenters. The number of hydrogen-bond donors (Lipinski definition) is 2. The van der Waals surface area contributed by atoms with Crippen LogP contribution in [0.2, 0.25) is 5.02 Å². The molecule has 2 aromatic heterocycles. The number of anilines is 1. The molecule has 1 aliphatic rings. The first-order chi connectivity index (χ1) is 20.6. The molecule has 0 aliphatic carbocycles. The van der Waals surface area contributed by atoms with Crippen LogP contribution >= 0.6 is 11.6 Å². The Kier molecular flexibility index (Phi) is 7.69. The van der Waals surface area contributed by atoms with Crippen LogP contribution in [0.1, 0.15) is 56.1 Å². The lowest BCUT2D eigenvalue weighted by molar-refractivity contribution is 0.0696. The zero-order valence-electron chi connectivity index (χ0n) is 25.3. The standard InChI is InChI=1S/C35H37ClN4O3/c1-20-17-24(18-21(2)33(20)36)43-16-8-12-25-27-9-6-11-29(32-22(3)38-39(5)23(32)4)34(27)37-30(25)19-40-15-14-26-28(35(41)42)10-7-13-31(26)40/h6-7,9-11,13,17-18,37H,8,12,14-16,19H2,1-5H3,(H,41,42). The SMILES string of the molecule is Cc1cc(OCCCc2c(CN3CCc4c(C(=O)O)cccc43)[nH]c3c(-c4c(C)nn(C)c4C)cccc23)cc(C)c1Cl. The van der Waals surface area contributed by atoms with E-state index in [4.69, 9.17) is 16.3 Å². The molecule has 8 heteroatoms. The highest BCUT2D eigenvalue weighted by atomic mass is 35.5. The van der Waals surface area contributed by atoms with E-state index in [1.54, 1.807) is 6.07 Å². The highest BCUT2D eigenvalue weighted by molar-refractivity contribution is 6.32. The molecule has 0 saturated heterocycles. The second-order valence-corrected chi connectivity index (χ2v) is 12.0. The predicted octanol–water partition coefficient (Wildman–Crippen LogP) is 7.73. The number of carboxylic acids is 1. The number of nitrogens with zero attached hydrogens (tertiary/aromatic N) is 3. The minimum absolute atomic E-state index is 0.395. The summed E-state index contributed by atoms with van der Waals surface area (Å²) in [5, 5.41) is 16.4. The van der Waals surface area contributed by atoms with Gasteiger partial charge in [-0.25, -0.2) is 4.79 Å². The maximum atomic E-state index is 11.9. The van der Waals surface area contributed by atoms with Crippen LogP contribution in [-0.4, -0.2) is 39.0 Å². The van der Waals surface area contributed by atoms with Crippen molar-refractivity contribution in [1.29, 1.82) is 0 Å². The van der Waals surface area contributed by atoms with E-state index in [9.17, 15) is 9.90 Å². The van der Waals surface area contributed by atoms with Gasteiger partial charge in [-0.05, 0) is 93.5 Å². The summed E-state index contributed by atoms with van der Waals surface area (Å²) in [7, 11) is 1.98. The fourth-order valence-corrected chi connectivity index (χ4v) is 6.71. The van der Waals surface area contributed by atoms with Gasteiger partial charge in [0.15, 0.2) is 0 Å². The van der Waals surface area contributed by atoms with Gasteiger partial charge in [0, 0.05) is 52.2 Å². The number of H-pyrrole nitrogens is 1. The highest BCUT2D eigenvalue weighted by Gasteiger charge is 2.26. The van der Waals surface area contributed by atoms with Crippen molar-refractivity contribution >= 4 is 34.2 Å². The molecular formula is C35H37ClN4O3. The van der Waals surface area contributed by atoms with E-state index in [2.05, 4.69) is 47.0 Å². The second-order valence-electron chi connectivity index (χ2n) is 11.6. The molecular weight excluding hydrogens is 560 g/mol. The van der Waals surface area contributed by atoms with Crippen LogP contribution in [0.5, 0.6) is 5.75 Å². The van der Waals surface area contributed by atoms with Gasteiger partial charge in [0.25, 0.3) is 0 Å². The van der Waals surface area contributed by atoms with Gasteiger partial charge in [-0.3, -0.25) is 4.68 Å². The molecule has 0 saturated carbocycles. The largest absolute Gasteiger partial charge is 0.494 e. The van der Waals surface area contributed by atoms with Crippen LogP contribution in [0, 0.1) is 27.7 Å². The number of benzene rings is 3. The van der Waals surface area contributed by atoms with Crippen molar-refractivity contribution in [3.63, 3.8) is 0 Å². The third-order valence-corrected chi connectivity index (χ3v) is 9.36. The Morgan fingerprint density at radius 3 is 2.53 bits per heavy atom. The van der Waals surface area contributed by atoms with E-state index in [1.165, 1.54) is 10.9 Å². The van der Waals surface area contributed by atoms with Crippen molar-refractivity contribution in [2.24, 2.45) is 7.05 Å². The van der Waals surface area contributed by atoms with Crippen molar-refractivity contribution in [3.8, 4) is 16.9 Å². The molecule has 5 aromatic rings. The normalized spacial score (nSPS) is 12.7. The fraction of sp³-hybridized carbons (Fsp3) is 0.314. The Morgan fingerprint density at radius 2 is 1.84 bits per heavy atom. The van der Waals surface area contributed by atoms with Crippen LogP contribution in [0.3, 0.4) is 0 Å². The minimum atomic E-state index is -0.872. The van der Waals surface area contributed by atoms with E-state index in [-0.39, 0.29) is 0 Å². The molecule has 0 unspecified atom stereocenters. The summed E-state index contributed by atoms with van der Waals surface area (Å²) in [5.74, 6) is -0.0331. The number of aryl methyl sites for hydroxylation is 5. The van der Waals surface area contributed by atoms with Gasteiger partial charge in [-0.2, -0.15) is 5.10 Å². The summed E-state index contributed by atoms with van der Waals surface area (Å²) in [6.07, 6.45) is 2.40. The summed E-state index contributed by atoms with van der Waals surface area (Å²) in [6, 6.07) is 16.1. The average molecular weight is 597 g/mol. The molecule has 0 bridgehead atoms. The molecule has 6 rings (SSSR count). The molecule has 0 amide bonds. The number of aromatic amines is 1. The number of rotatable bonds is 9. The van der Waals surface area contributed by atoms with Crippen LogP contribution in [0.25, 0.3) is 22.0 Å². The molecule has 0 radical (unpaired) electrons. The lowest BCUT2D eigenvalue weighted by Gasteiger charge is -2.20. The maximum Gasteiger partial charge on any atom is 0.336 e. The Labute approximate surface area is 257 Å². The molecule has 43 heavy (non-hydrogen) atoms. The lowest BCUT2D eigenvalue weighted by Crippen LogP contribution is -2.20. The monoisotopic (exact) mass is 596 g/mol. The first-order valence-corrected chi connectivity index (χ1v) is 15.1. The number of ether oxygens (including phenoxy) is 1. The number of fused-ring (bicyclic) bond motifs is 2. The first-order valence-electron chi connectivity index (χ1n) is 14.8. The lowest BCUT2D eigenvalue weighted by atomic mass is 9.98. The third kappa shape index (κ3) is 5.27. The minimum Gasteiger partial charge on any atom is -0.494 e. The van der Waals surface area contributed by atoms with E-state index in [0.717, 1.165) is 92.7 Å². The number of para-hydroxylation sites is 1. The highest BCUT2D eigenvalue weighted by Crippen LogP contribution is 2.38. The Balaban J connectivity index is 1.35. The van der Waals surface area contributed by atoms with Crippen molar-refractivity contribution in [1.82, 2.24) is 14.8 Å². The van der Waals surface area contributed by atoms with Gasteiger partial charge in [-0.15, -0.1) is 0 Å². The zero-order valence-corrected chi connectivity index (χ0v) is 26.1. The molecule has 1 aliphatic heterocycles. The zero-order chi connectivity index (χ0) is 30.4. The van der Waals surface area contributed by atoms with Gasteiger partial charge in [0.1, 0.15) is 5.75 Å². The number of nitrogens with one attached hydrogen (secondary N) is 1. The summed E-state index contributed by atoms with van der Waals surface area (Å²) >= 11 is 6.36. The number of aromatic carboxylic acids is 1. The van der Waals surface area contributed by atoms with Gasteiger partial charge in [0.05, 0.1) is 29.9 Å². The molecule has 0 fully saturated rings. The number of hydrogen-bond acceptors (Lipinski definition) is 4. The van der Waals surface area contributed by atoms with Crippen LogP contribution < -0.4 is 9.64 Å². The average Bonchev–Trinajstić information content (AvgIpc) is 3.62. The van der Waals surface area contributed by atoms with Crippen molar-refractivity contribution in [2.45, 2.75) is 53.5 Å². The maximum absolute atomic E-state index is 11.9. The fourth-order valence-electron chi connectivity index (χ4n) is 6.60. The molecule has 3 heterocycles. The van der Waals surface area contributed by atoms with Gasteiger partial charge >= 0.3 is 5.97 Å². The predicted molar refractivity (Wildman–Crippen MR) is 173 cm³/mol. The van der Waals surface area contributed by atoms with Crippen LogP contribution in [0.4, 0.5) is 5.69 Å². The summed E-state index contributed by atoms with van der Waals surface area (Å²) in [6.45, 7) is 10.2. The van der Waals surface area contributed by atoms with Gasteiger partial charge < -0.3 is 19.7 Å². The topological polar surface area (TPSA) is 83.4 Å². The van der Waals surface area contributed by atoms with E-state index in [0.29, 0.717) is 18.7 Å². The summed E-state index contributed by atoms with van der Waals surface area (Å²) in [5.41, 5.74) is 12.3. The molecule has 3 aromatic carbocycles. The molecule has 0 spiro atoms. The van der Waals surface area contributed by atoms with E-state index >= 15 is 0 Å². The quantitative estimate of drug-likeness (QED) is 0.170. The molecule has 7 nitrogen and oxygen atoms in total. The number of halogens is 1. The third-order valence-electron chi connectivity index (χ3n) is 8.76. The van der Waals surface area contributed by atoms with Gasteiger partial charge in [-0.1, -0.05) is 35.9 Å². The summed E-state index contributed by atoms with van der Waals surface area (Å²) < 4.78 is 8.11. The van der Waals surface area contributed by atoms with E-state index < -0.39 is 5.97 Å². The molecule has 2 N–H and O–H groups in total.